The van der Waals surface area contributed by atoms with E-state index in [-0.39, 0.29) is 10.7 Å². The summed E-state index contributed by atoms with van der Waals surface area (Å²) in [5.41, 5.74) is 3.00. The standard InChI is InChI=1S/C19H20N4O2S/c1-14-6-5-8-16(12-14)13-20-18-10-11-19(22-21-18)23-26(24,25)17-9-4-3-7-15(17)2/h3-12H,13H2,1-2H3,(H,20,21)(H,22,23). The van der Waals surface area contributed by atoms with Crippen molar-refractivity contribution in [3.63, 3.8) is 0 Å². The first-order valence-corrected chi connectivity index (χ1v) is 9.64. The Morgan fingerprint density at radius 1 is 0.885 bits per heavy atom. The normalized spacial score (nSPS) is 11.2. The zero-order valence-electron chi connectivity index (χ0n) is 14.6. The zero-order valence-corrected chi connectivity index (χ0v) is 15.4. The molecule has 6 nitrogen and oxygen atoms in total. The maximum Gasteiger partial charge on any atom is 0.263 e. The molecule has 1 heterocycles. The van der Waals surface area contributed by atoms with Gasteiger partial charge in [-0.1, -0.05) is 48.0 Å². The van der Waals surface area contributed by atoms with Crippen molar-refractivity contribution in [3.05, 3.63) is 77.4 Å². The van der Waals surface area contributed by atoms with Crippen molar-refractivity contribution in [1.82, 2.24) is 10.2 Å². The highest BCUT2D eigenvalue weighted by Gasteiger charge is 2.17. The Labute approximate surface area is 153 Å². The SMILES string of the molecule is Cc1cccc(CNc2ccc(NS(=O)(=O)c3ccccc3C)nn2)c1. The van der Waals surface area contributed by atoms with E-state index in [1.54, 1.807) is 43.3 Å². The number of nitrogens with zero attached hydrogens (tertiary/aromatic N) is 2. The van der Waals surface area contributed by atoms with Gasteiger partial charge in [-0.15, -0.1) is 10.2 Å². The first kappa shape index (κ1) is 17.9. The van der Waals surface area contributed by atoms with E-state index in [2.05, 4.69) is 26.3 Å². The molecule has 2 aromatic carbocycles. The maximum atomic E-state index is 12.5. The summed E-state index contributed by atoms with van der Waals surface area (Å²) in [6.45, 7) is 4.40. The Morgan fingerprint density at radius 2 is 1.62 bits per heavy atom. The van der Waals surface area contributed by atoms with Crippen LogP contribution in [0.5, 0.6) is 0 Å². The topological polar surface area (TPSA) is 84.0 Å². The number of anilines is 2. The quantitative estimate of drug-likeness (QED) is 0.696. The smallest absolute Gasteiger partial charge is 0.263 e. The number of aryl methyl sites for hydroxylation is 2. The summed E-state index contributed by atoms with van der Waals surface area (Å²) in [5, 5.41) is 11.1. The predicted octanol–water partition coefficient (Wildman–Crippen LogP) is 3.51. The van der Waals surface area contributed by atoms with Gasteiger partial charge in [-0.25, -0.2) is 8.42 Å². The Kier molecular flexibility index (Phi) is 5.18. The molecule has 0 radical (unpaired) electrons. The lowest BCUT2D eigenvalue weighted by Gasteiger charge is -2.10. The second kappa shape index (κ2) is 7.53. The number of hydrogen-bond acceptors (Lipinski definition) is 5. The third kappa shape index (κ3) is 4.37. The van der Waals surface area contributed by atoms with Gasteiger partial charge in [0.2, 0.25) is 0 Å². The minimum Gasteiger partial charge on any atom is -0.365 e. The fourth-order valence-electron chi connectivity index (χ4n) is 2.55. The van der Waals surface area contributed by atoms with Gasteiger partial charge < -0.3 is 5.32 Å². The summed E-state index contributed by atoms with van der Waals surface area (Å²) in [6, 6.07) is 18.2. The molecule has 0 saturated carbocycles. The number of aromatic nitrogens is 2. The lowest BCUT2D eigenvalue weighted by atomic mass is 10.1. The Bertz CT molecular complexity index is 1000. The lowest BCUT2D eigenvalue weighted by molar-refractivity contribution is 0.600. The summed E-state index contributed by atoms with van der Waals surface area (Å²) in [4.78, 5) is 0.225. The van der Waals surface area contributed by atoms with Crippen molar-refractivity contribution in [2.75, 3.05) is 10.0 Å². The highest BCUT2D eigenvalue weighted by molar-refractivity contribution is 7.92. The molecule has 0 bridgehead atoms. The molecule has 26 heavy (non-hydrogen) atoms. The molecule has 0 saturated heterocycles. The van der Waals surface area contributed by atoms with Crippen molar-refractivity contribution in [1.29, 1.82) is 0 Å². The van der Waals surface area contributed by atoms with E-state index >= 15 is 0 Å². The second-order valence-corrected chi connectivity index (χ2v) is 7.67. The van der Waals surface area contributed by atoms with E-state index in [1.807, 2.05) is 25.1 Å². The fourth-order valence-corrected chi connectivity index (χ4v) is 3.79. The second-order valence-electron chi connectivity index (χ2n) is 6.02. The van der Waals surface area contributed by atoms with E-state index < -0.39 is 10.0 Å². The fraction of sp³-hybridized carbons (Fsp3) is 0.158. The van der Waals surface area contributed by atoms with Crippen LogP contribution in [0.25, 0.3) is 0 Å². The van der Waals surface area contributed by atoms with Crippen molar-refractivity contribution in [3.8, 4) is 0 Å². The van der Waals surface area contributed by atoms with Crippen molar-refractivity contribution >= 4 is 21.7 Å². The number of benzene rings is 2. The average molecular weight is 368 g/mol. The molecule has 2 N–H and O–H groups in total. The summed E-state index contributed by atoms with van der Waals surface area (Å²) in [6.07, 6.45) is 0. The molecule has 0 atom stereocenters. The molecule has 0 unspecified atom stereocenters. The molecule has 0 aliphatic heterocycles. The van der Waals surface area contributed by atoms with Crippen LogP contribution in [0, 0.1) is 13.8 Å². The van der Waals surface area contributed by atoms with Crippen molar-refractivity contribution < 1.29 is 8.42 Å². The van der Waals surface area contributed by atoms with Gasteiger partial charge in [0.1, 0.15) is 5.82 Å². The first-order chi connectivity index (χ1) is 12.4. The third-order valence-corrected chi connectivity index (χ3v) is 5.36. The Balaban J connectivity index is 1.67. The molecule has 0 fully saturated rings. The van der Waals surface area contributed by atoms with Gasteiger partial charge in [0.15, 0.2) is 5.82 Å². The molecular formula is C19H20N4O2S. The van der Waals surface area contributed by atoms with Crippen LogP contribution >= 0.6 is 0 Å². The minimum atomic E-state index is -3.69. The molecular weight excluding hydrogens is 348 g/mol. The Morgan fingerprint density at radius 3 is 2.31 bits per heavy atom. The highest BCUT2D eigenvalue weighted by atomic mass is 32.2. The summed E-state index contributed by atoms with van der Waals surface area (Å²) in [5.74, 6) is 0.750. The van der Waals surface area contributed by atoms with Crippen LogP contribution in [-0.2, 0) is 16.6 Å². The van der Waals surface area contributed by atoms with Gasteiger partial charge in [-0.2, -0.15) is 0 Å². The van der Waals surface area contributed by atoms with Crippen molar-refractivity contribution in [2.24, 2.45) is 0 Å². The van der Waals surface area contributed by atoms with Crippen LogP contribution < -0.4 is 10.0 Å². The van der Waals surface area contributed by atoms with Crippen LogP contribution in [0.3, 0.4) is 0 Å². The number of sulfonamides is 1. The van der Waals surface area contributed by atoms with E-state index in [4.69, 9.17) is 0 Å². The van der Waals surface area contributed by atoms with Gasteiger partial charge in [0.05, 0.1) is 4.90 Å². The molecule has 134 valence electrons. The minimum absolute atomic E-state index is 0.175. The average Bonchev–Trinajstić information content (AvgIpc) is 2.61. The van der Waals surface area contributed by atoms with E-state index in [0.29, 0.717) is 17.9 Å². The van der Waals surface area contributed by atoms with Gasteiger partial charge >= 0.3 is 0 Å². The van der Waals surface area contributed by atoms with Gasteiger partial charge in [-0.3, -0.25) is 4.72 Å². The number of hydrogen-bond donors (Lipinski definition) is 2. The summed E-state index contributed by atoms with van der Waals surface area (Å²) >= 11 is 0. The molecule has 0 amide bonds. The predicted molar refractivity (Wildman–Crippen MR) is 103 cm³/mol. The molecule has 7 heteroatoms. The summed E-state index contributed by atoms with van der Waals surface area (Å²) in [7, 11) is -3.69. The third-order valence-electron chi connectivity index (χ3n) is 3.84. The molecule has 3 rings (SSSR count). The number of rotatable bonds is 6. The van der Waals surface area contributed by atoms with Crippen LogP contribution in [0.2, 0.25) is 0 Å². The molecule has 0 aliphatic carbocycles. The van der Waals surface area contributed by atoms with E-state index in [0.717, 1.165) is 5.56 Å². The van der Waals surface area contributed by atoms with Crippen LogP contribution in [-0.4, -0.2) is 18.6 Å². The monoisotopic (exact) mass is 368 g/mol. The summed E-state index contributed by atoms with van der Waals surface area (Å²) < 4.78 is 27.4. The van der Waals surface area contributed by atoms with Crippen LogP contribution in [0.1, 0.15) is 16.7 Å². The van der Waals surface area contributed by atoms with Crippen LogP contribution in [0.15, 0.2) is 65.6 Å². The van der Waals surface area contributed by atoms with Crippen molar-refractivity contribution in [2.45, 2.75) is 25.3 Å². The molecule has 3 aromatic rings. The molecule has 1 aromatic heterocycles. The highest BCUT2D eigenvalue weighted by Crippen LogP contribution is 2.18. The number of nitrogens with one attached hydrogen (secondary N) is 2. The zero-order chi connectivity index (χ0) is 18.6. The van der Waals surface area contributed by atoms with E-state index in [1.165, 1.54) is 5.56 Å². The lowest BCUT2D eigenvalue weighted by Crippen LogP contribution is -2.15. The molecule has 0 spiro atoms. The maximum absolute atomic E-state index is 12.5. The van der Waals surface area contributed by atoms with Gasteiger partial charge in [-0.05, 0) is 43.2 Å². The first-order valence-electron chi connectivity index (χ1n) is 8.16. The van der Waals surface area contributed by atoms with Gasteiger partial charge in [0, 0.05) is 6.54 Å². The molecule has 0 aliphatic rings. The Hall–Kier alpha value is -2.93. The van der Waals surface area contributed by atoms with E-state index in [9.17, 15) is 8.42 Å². The van der Waals surface area contributed by atoms with Gasteiger partial charge in [0.25, 0.3) is 10.0 Å². The van der Waals surface area contributed by atoms with Crippen LogP contribution in [0.4, 0.5) is 11.6 Å². The largest absolute Gasteiger partial charge is 0.365 e.